The van der Waals surface area contributed by atoms with Crippen molar-refractivity contribution in [2.24, 2.45) is 0 Å². The highest BCUT2D eigenvalue weighted by Crippen LogP contribution is 2.36. The lowest BCUT2D eigenvalue weighted by Crippen LogP contribution is -2.35. The van der Waals surface area contributed by atoms with E-state index in [0.29, 0.717) is 22.7 Å². The maximum atomic E-state index is 13.3. The van der Waals surface area contributed by atoms with Crippen LogP contribution in [-0.4, -0.2) is 54.6 Å². The second-order valence-electron chi connectivity index (χ2n) is 6.83. The second kappa shape index (κ2) is 9.69. The molecule has 0 bridgehead atoms. The van der Waals surface area contributed by atoms with Crippen LogP contribution in [0.15, 0.2) is 47.5 Å². The number of rotatable bonds is 9. The Morgan fingerprint density at radius 3 is 2.67 bits per heavy atom. The number of anilines is 1. The van der Waals surface area contributed by atoms with E-state index in [2.05, 4.69) is 0 Å². The van der Waals surface area contributed by atoms with E-state index in [-0.39, 0.29) is 24.4 Å². The van der Waals surface area contributed by atoms with Gasteiger partial charge in [0.25, 0.3) is 11.8 Å². The third kappa shape index (κ3) is 4.29. The highest BCUT2D eigenvalue weighted by molar-refractivity contribution is 7.11. The van der Waals surface area contributed by atoms with Crippen LogP contribution in [0.3, 0.4) is 0 Å². The molecule has 30 heavy (non-hydrogen) atoms. The van der Waals surface area contributed by atoms with Crippen LogP contribution >= 0.6 is 11.3 Å². The normalized spacial score (nSPS) is 13.9. The molecule has 0 saturated carbocycles. The van der Waals surface area contributed by atoms with Gasteiger partial charge in [0.05, 0.1) is 30.0 Å². The zero-order valence-corrected chi connectivity index (χ0v) is 17.8. The number of esters is 1. The van der Waals surface area contributed by atoms with Crippen LogP contribution in [-0.2, 0) is 14.3 Å². The first-order valence-corrected chi connectivity index (χ1v) is 10.6. The average Bonchev–Trinajstić information content (AvgIpc) is 3.34. The minimum Gasteiger partial charge on any atom is -0.462 e. The number of amides is 2. The summed E-state index contributed by atoms with van der Waals surface area (Å²) < 4.78 is 5.24. The molecule has 2 heterocycles. The summed E-state index contributed by atoms with van der Waals surface area (Å²) in [6.07, 6.45) is 1.68. The molecule has 2 aromatic rings. The van der Waals surface area contributed by atoms with E-state index in [0.717, 1.165) is 17.7 Å². The van der Waals surface area contributed by atoms with Gasteiger partial charge in [-0.2, -0.15) is 0 Å². The van der Waals surface area contributed by atoms with Crippen molar-refractivity contribution in [1.29, 1.82) is 0 Å². The van der Waals surface area contributed by atoms with Gasteiger partial charge in [-0.1, -0.05) is 25.5 Å². The van der Waals surface area contributed by atoms with E-state index in [1.165, 1.54) is 17.4 Å². The Kier molecular flexibility index (Phi) is 7.02. The zero-order chi connectivity index (χ0) is 21.7. The fraction of sp³-hybridized carbons (Fsp3) is 0.318. The second-order valence-corrected chi connectivity index (χ2v) is 7.78. The number of hydrogen-bond donors (Lipinski definition) is 1. The first-order valence-electron chi connectivity index (χ1n) is 9.75. The van der Waals surface area contributed by atoms with Gasteiger partial charge in [-0.15, -0.1) is 11.3 Å². The van der Waals surface area contributed by atoms with Crippen LogP contribution < -0.4 is 4.90 Å². The van der Waals surface area contributed by atoms with Crippen LogP contribution in [0.1, 0.15) is 35.0 Å². The Balaban J connectivity index is 1.95. The van der Waals surface area contributed by atoms with Crippen molar-refractivity contribution < 1.29 is 24.2 Å². The molecule has 0 unspecified atom stereocenters. The number of unbranched alkanes of at least 4 members (excludes halogenated alkanes) is 1. The van der Waals surface area contributed by atoms with E-state index in [1.54, 1.807) is 36.2 Å². The minimum atomic E-state index is -0.492. The lowest BCUT2D eigenvalue weighted by atomic mass is 10.1. The number of hydrogen-bond acceptors (Lipinski definition) is 7. The topological polar surface area (TPSA) is 87.2 Å². The molecule has 8 heteroatoms. The van der Waals surface area contributed by atoms with Crippen molar-refractivity contribution in [2.75, 3.05) is 31.7 Å². The van der Waals surface area contributed by atoms with Crippen LogP contribution in [0, 0.1) is 0 Å². The lowest BCUT2D eigenvalue weighted by Gasteiger charge is -2.20. The summed E-state index contributed by atoms with van der Waals surface area (Å²) >= 11 is 1.36. The maximum Gasteiger partial charge on any atom is 0.338 e. The number of carbonyl (C=O) groups excluding carboxylic acids is 3. The van der Waals surface area contributed by atoms with Crippen molar-refractivity contribution in [3.05, 3.63) is 57.9 Å². The Morgan fingerprint density at radius 1 is 1.20 bits per heavy atom. The molecule has 0 fully saturated rings. The van der Waals surface area contributed by atoms with E-state index >= 15 is 0 Å². The van der Waals surface area contributed by atoms with Gasteiger partial charge in [-0.3, -0.25) is 9.59 Å². The molecule has 0 radical (unpaired) electrons. The summed E-state index contributed by atoms with van der Waals surface area (Å²) in [5.74, 6) is -1.44. The predicted molar refractivity (Wildman–Crippen MR) is 115 cm³/mol. The summed E-state index contributed by atoms with van der Waals surface area (Å²) in [7, 11) is 1.66. The number of aliphatic hydroxyl groups is 1. The smallest absolute Gasteiger partial charge is 0.338 e. The predicted octanol–water partition coefficient (Wildman–Crippen LogP) is 2.91. The third-order valence-corrected chi connectivity index (χ3v) is 5.60. The number of nitrogens with zero attached hydrogens (tertiary/aromatic N) is 2. The molecular weight excluding hydrogens is 404 g/mol. The number of likely N-dealkylation sites (N-methyl/N-ethyl adjacent to an activating group) is 1. The molecule has 0 saturated heterocycles. The summed E-state index contributed by atoms with van der Waals surface area (Å²) in [5.41, 5.74) is 1.10. The van der Waals surface area contributed by atoms with E-state index < -0.39 is 17.8 Å². The van der Waals surface area contributed by atoms with E-state index in [4.69, 9.17) is 4.74 Å². The standard InChI is InChI=1S/C22H24N2O5S/c1-3-4-12-29-22(28)15-7-5-8-16(14-15)24-20(26)18(17-9-6-13-30-17)19(21(24)27)23(2)10-11-25/h5-9,13-14,25H,3-4,10-12H2,1-2H3. The highest BCUT2D eigenvalue weighted by Gasteiger charge is 2.42. The summed E-state index contributed by atoms with van der Waals surface area (Å²) in [4.78, 5) is 42.1. The van der Waals surface area contributed by atoms with Gasteiger partial charge in [-0.05, 0) is 36.1 Å². The monoisotopic (exact) mass is 428 g/mol. The number of thiophene rings is 1. The molecule has 0 aliphatic carbocycles. The Bertz CT molecular complexity index is 968. The summed E-state index contributed by atoms with van der Waals surface area (Å²) in [5, 5.41) is 11.1. The third-order valence-electron chi connectivity index (χ3n) is 4.72. The molecule has 3 rings (SSSR count). The van der Waals surface area contributed by atoms with Gasteiger partial charge in [0.2, 0.25) is 0 Å². The molecule has 1 aliphatic heterocycles. The largest absolute Gasteiger partial charge is 0.462 e. The molecule has 0 atom stereocenters. The number of imide groups is 1. The van der Waals surface area contributed by atoms with Crippen LogP contribution in [0.5, 0.6) is 0 Å². The Morgan fingerprint density at radius 2 is 2.00 bits per heavy atom. The molecular formula is C22H24N2O5S. The number of carbonyl (C=O) groups is 3. The summed E-state index contributed by atoms with van der Waals surface area (Å²) in [6, 6.07) is 9.90. The van der Waals surface area contributed by atoms with Crippen LogP contribution in [0.2, 0.25) is 0 Å². The van der Waals surface area contributed by atoms with Gasteiger partial charge in [0.15, 0.2) is 0 Å². The van der Waals surface area contributed by atoms with E-state index in [9.17, 15) is 19.5 Å². The maximum absolute atomic E-state index is 13.3. The Hall–Kier alpha value is -2.97. The number of benzene rings is 1. The number of ether oxygens (including phenoxy) is 1. The van der Waals surface area contributed by atoms with Crippen molar-refractivity contribution in [3.63, 3.8) is 0 Å². The quantitative estimate of drug-likeness (QED) is 0.375. The molecule has 1 aromatic heterocycles. The molecule has 1 aliphatic rings. The van der Waals surface area contributed by atoms with Gasteiger partial charge < -0.3 is 14.7 Å². The van der Waals surface area contributed by atoms with Crippen LogP contribution in [0.4, 0.5) is 5.69 Å². The molecule has 0 spiro atoms. The highest BCUT2D eigenvalue weighted by atomic mass is 32.1. The summed E-state index contributed by atoms with van der Waals surface area (Å²) in [6.45, 7) is 2.38. The molecule has 7 nitrogen and oxygen atoms in total. The lowest BCUT2D eigenvalue weighted by molar-refractivity contribution is -0.120. The molecule has 2 amide bonds. The molecule has 1 N–H and O–H groups in total. The van der Waals surface area contributed by atoms with Gasteiger partial charge in [0.1, 0.15) is 5.70 Å². The molecule has 158 valence electrons. The van der Waals surface area contributed by atoms with Crippen molar-refractivity contribution >= 4 is 40.4 Å². The van der Waals surface area contributed by atoms with Crippen LogP contribution in [0.25, 0.3) is 5.57 Å². The Labute approximate surface area is 179 Å². The van der Waals surface area contributed by atoms with Gasteiger partial charge in [0, 0.05) is 18.5 Å². The van der Waals surface area contributed by atoms with Crippen molar-refractivity contribution in [3.8, 4) is 0 Å². The SMILES string of the molecule is CCCCOC(=O)c1cccc(N2C(=O)C(c3cccs3)=C(N(C)CCO)C2=O)c1. The fourth-order valence-electron chi connectivity index (χ4n) is 3.18. The van der Waals surface area contributed by atoms with Gasteiger partial charge in [-0.25, -0.2) is 9.69 Å². The van der Waals surface area contributed by atoms with E-state index in [1.807, 2.05) is 18.4 Å². The van der Waals surface area contributed by atoms with Crippen molar-refractivity contribution in [2.45, 2.75) is 19.8 Å². The van der Waals surface area contributed by atoms with Gasteiger partial charge >= 0.3 is 5.97 Å². The van der Waals surface area contributed by atoms with Crippen molar-refractivity contribution in [1.82, 2.24) is 4.90 Å². The zero-order valence-electron chi connectivity index (χ0n) is 17.0. The average molecular weight is 429 g/mol. The molecule has 1 aromatic carbocycles. The first kappa shape index (κ1) is 21.7. The fourth-order valence-corrected chi connectivity index (χ4v) is 3.94. The number of aliphatic hydroxyl groups excluding tert-OH is 1. The first-order chi connectivity index (χ1) is 14.5. The minimum absolute atomic E-state index is 0.154.